The second-order valence-electron chi connectivity index (χ2n) is 8.39. The van der Waals surface area contributed by atoms with Gasteiger partial charge in [0.05, 0.1) is 5.54 Å². The number of halogens is 1. The van der Waals surface area contributed by atoms with E-state index in [1.54, 1.807) is 21.9 Å². The highest BCUT2D eigenvalue weighted by Gasteiger charge is 2.51. The lowest BCUT2D eigenvalue weighted by molar-refractivity contribution is -0.164. The number of piperazine rings is 1. The van der Waals surface area contributed by atoms with Crippen molar-refractivity contribution in [3.8, 4) is 0 Å². The number of amides is 2. The molecule has 5 rings (SSSR count). The number of hydrogen-bond donors (Lipinski definition) is 1. The normalized spacial score (nSPS) is 20.7. The van der Waals surface area contributed by atoms with Crippen LogP contribution in [-0.4, -0.2) is 39.2 Å². The standard InChI is InChI=1S/C23H22ClN3O2/c1-23(2)21-17(16-5-3-4-6-18(16)25-21)11-19-22(29)26(13-20(28)27(19)23)12-14-7-9-15(24)10-8-14/h3-10,19,25H,11-13H2,1-2H3. The highest BCUT2D eigenvalue weighted by molar-refractivity contribution is 6.30. The van der Waals surface area contributed by atoms with E-state index < -0.39 is 11.6 Å². The summed E-state index contributed by atoms with van der Waals surface area (Å²) in [5.41, 5.74) is 3.61. The fourth-order valence-electron chi connectivity index (χ4n) is 4.88. The molecule has 0 bridgehead atoms. The zero-order valence-electron chi connectivity index (χ0n) is 16.4. The molecule has 6 heteroatoms. The van der Waals surface area contributed by atoms with Crippen LogP contribution in [0.15, 0.2) is 48.5 Å². The van der Waals surface area contributed by atoms with Crippen molar-refractivity contribution >= 4 is 34.3 Å². The van der Waals surface area contributed by atoms with Gasteiger partial charge in [-0.25, -0.2) is 0 Å². The van der Waals surface area contributed by atoms with Crippen molar-refractivity contribution < 1.29 is 9.59 Å². The summed E-state index contributed by atoms with van der Waals surface area (Å²) in [7, 11) is 0. The average Bonchev–Trinajstić information content (AvgIpc) is 3.07. The van der Waals surface area contributed by atoms with E-state index in [4.69, 9.17) is 11.6 Å². The van der Waals surface area contributed by atoms with Crippen molar-refractivity contribution in [3.63, 3.8) is 0 Å². The third-order valence-corrected chi connectivity index (χ3v) is 6.47. The third kappa shape index (κ3) is 2.76. The Morgan fingerprint density at radius 2 is 1.83 bits per heavy atom. The number of aromatic nitrogens is 1. The van der Waals surface area contributed by atoms with Gasteiger partial charge in [-0.15, -0.1) is 0 Å². The van der Waals surface area contributed by atoms with Crippen molar-refractivity contribution in [3.05, 3.63) is 70.4 Å². The molecule has 1 atom stereocenters. The summed E-state index contributed by atoms with van der Waals surface area (Å²) >= 11 is 5.97. The quantitative estimate of drug-likeness (QED) is 0.701. The molecule has 3 heterocycles. The van der Waals surface area contributed by atoms with Gasteiger partial charge in [0.2, 0.25) is 11.8 Å². The van der Waals surface area contributed by atoms with Gasteiger partial charge >= 0.3 is 0 Å². The number of rotatable bonds is 2. The van der Waals surface area contributed by atoms with E-state index in [1.807, 2.05) is 44.2 Å². The average molecular weight is 408 g/mol. The fraction of sp³-hybridized carbons (Fsp3) is 0.304. The number of nitrogens with one attached hydrogen (secondary N) is 1. The minimum atomic E-state index is -0.573. The van der Waals surface area contributed by atoms with Crippen molar-refractivity contribution in [2.45, 2.75) is 38.4 Å². The molecule has 3 aromatic rings. The predicted octanol–water partition coefficient (Wildman–Crippen LogP) is 3.85. The number of fused-ring (bicyclic) bond motifs is 4. The van der Waals surface area contributed by atoms with E-state index in [-0.39, 0.29) is 18.4 Å². The van der Waals surface area contributed by atoms with Gasteiger partial charge in [0.25, 0.3) is 0 Å². The summed E-state index contributed by atoms with van der Waals surface area (Å²) < 4.78 is 0. The zero-order chi connectivity index (χ0) is 20.3. The van der Waals surface area contributed by atoms with E-state index in [0.717, 1.165) is 27.7 Å². The summed E-state index contributed by atoms with van der Waals surface area (Å²) in [4.78, 5) is 33.5. The molecule has 2 amide bonds. The summed E-state index contributed by atoms with van der Waals surface area (Å²) in [6.45, 7) is 4.55. The number of aromatic amines is 1. The molecule has 2 aliphatic rings. The van der Waals surface area contributed by atoms with Gasteiger partial charge in [-0.3, -0.25) is 9.59 Å². The number of carbonyl (C=O) groups excluding carboxylic acids is 2. The van der Waals surface area contributed by atoms with Crippen molar-refractivity contribution in [1.82, 2.24) is 14.8 Å². The van der Waals surface area contributed by atoms with Gasteiger partial charge in [0.15, 0.2) is 0 Å². The third-order valence-electron chi connectivity index (χ3n) is 6.22. The number of para-hydroxylation sites is 1. The lowest BCUT2D eigenvalue weighted by Gasteiger charge is -2.51. The molecule has 1 unspecified atom stereocenters. The number of hydrogen-bond acceptors (Lipinski definition) is 2. The van der Waals surface area contributed by atoms with Gasteiger partial charge < -0.3 is 14.8 Å². The highest BCUT2D eigenvalue weighted by Crippen LogP contribution is 2.42. The van der Waals surface area contributed by atoms with Crippen molar-refractivity contribution in [2.75, 3.05) is 6.54 Å². The zero-order valence-corrected chi connectivity index (χ0v) is 17.2. The molecule has 1 saturated heterocycles. The van der Waals surface area contributed by atoms with Gasteiger partial charge in [-0.2, -0.15) is 0 Å². The number of H-pyrrole nitrogens is 1. The Labute approximate surface area is 174 Å². The molecule has 2 aliphatic heterocycles. The second kappa shape index (κ2) is 6.36. The molecule has 148 valence electrons. The van der Waals surface area contributed by atoms with Crippen LogP contribution >= 0.6 is 11.6 Å². The van der Waals surface area contributed by atoms with Crippen LogP contribution in [0.3, 0.4) is 0 Å². The summed E-state index contributed by atoms with van der Waals surface area (Å²) in [6, 6.07) is 15.1. The van der Waals surface area contributed by atoms with E-state index in [0.29, 0.717) is 18.0 Å². The molecule has 0 aliphatic carbocycles. The lowest BCUT2D eigenvalue weighted by Crippen LogP contribution is -2.66. The minimum Gasteiger partial charge on any atom is -0.356 e. The first-order chi connectivity index (χ1) is 13.9. The predicted molar refractivity (Wildman–Crippen MR) is 113 cm³/mol. The first-order valence-corrected chi connectivity index (χ1v) is 10.2. The van der Waals surface area contributed by atoms with Crippen molar-refractivity contribution in [2.24, 2.45) is 0 Å². The molecule has 1 N–H and O–H groups in total. The van der Waals surface area contributed by atoms with Gasteiger partial charge in [-0.05, 0) is 43.2 Å². The first-order valence-electron chi connectivity index (χ1n) is 9.82. The van der Waals surface area contributed by atoms with Crippen LogP contribution in [0.4, 0.5) is 0 Å². The maximum absolute atomic E-state index is 13.4. The van der Waals surface area contributed by atoms with Crippen LogP contribution in [0.25, 0.3) is 10.9 Å². The van der Waals surface area contributed by atoms with Gasteiger partial charge in [-0.1, -0.05) is 41.9 Å². The summed E-state index contributed by atoms with van der Waals surface area (Å²) in [5.74, 6) is -0.0126. The molecule has 0 spiro atoms. The Hall–Kier alpha value is -2.79. The van der Waals surface area contributed by atoms with E-state index in [9.17, 15) is 9.59 Å². The SMILES string of the molecule is CC1(C)c2[nH]c3ccccc3c2CC2C(=O)N(Cc3ccc(Cl)cc3)CC(=O)N21. The van der Waals surface area contributed by atoms with E-state index in [2.05, 4.69) is 11.1 Å². The molecule has 2 aromatic carbocycles. The minimum absolute atomic E-state index is 0.00329. The molecule has 29 heavy (non-hydrogen) atoms. The molecule has 0 radical (unpaired) electrons. The molecule has 1 aromatic heterocycles. The Kier molecular flexibility index (Phi) is 4.00. The molecule has 5 nitrogen and oxygen atoms in total. The summed E-state index contributed by atoms with van der Waals surface area (Å²) in [6.07, 6.45) is 0.532. The first kappa shape index (κ1) is 18.3. The van der Waals surface area contributed by atoms with E-state index >= 15 is 0 Å². The fourth-order valence-corrected chi connectivity index (χ4v) is 5.01. The Morgan fingerprint density at radius 1 is 1.10 bits per heavy atom. The number of carbonyl (C=O) groups is 2. The maximum Gasteiger partial charge on any atom is 0.246 e. The van der Waals surface area contributed by atoms with Crippen LogP contribution in [0.1, 0.15) is 30.7 Å². The second-order valence-corrected chi connectivity index (χ2v) is 8.82. The smallest absolute Gasteiger partial charge is 0.246 e. The Balaban J connectivity index is 1.53. The Bertz CT molecular complexity index is 1130. The van der Waals surface area contributed by atoms with E-state index in [1.165, 1.54) is 0 Å². The highest BCUT2D eigenvalue weighted by atomic mass is 35.5. The van der Waals surface area contributed by atoms with Crippen LogP contribution in [0.2, 0.25) is 5.02 Å². The maximum atomic E-state index is 13.4. The molecule has 1 fully saturated rings. The number of benzene rings is 2. The van der Waals surface area contributed by atoms with Crippen LogP contribution in [0.5, 0.6) is 0 Å². The van der Waals surface area contributed by atoms with Crippen LogP contribution < -0.4 is 0 Å². The topological polar surface area (TPSA) is 56.4 Å². The van der Waals surface area contributed by atoms with Crippen molar-refractivity contribution in [1.29, 1.82) is 0 Å². The Morgan fingerprint density at radius 3 is 2.59 bits per heavy atom. The molecular formula is C23H22ClN3O2. The summed E-state index contributed by atoms with van der Waals surface area (Å²) in [5, 5.41) is 1.78. The van der Waals surface area contributed by atoms with Gasteiger partial charge in [0, 0.05) is 34.6 Å². The molecule has 0 saturated carbocycles. The monoisotopic (exact) mass is 407 g/mol. The largest absolute Gasteiger partial charge is 0.356 e. The molecular weight excluding hydrogens is 386 g/mol. The van der Waals surface area contributed by atoms with Crippen LogP contribution in [0, 0.1) is 0 Å². The van der Waals surface area contributed by atoms with Gasteiger partial charge in [0.1, 0.15) is 12.6 Å². The lowest BCUT2D eigenvalue weighted by atomic mass is 9.82. The number of nitrogens with zero attached hydrogens (tertiary/aromatic N) is 2. The van der Waals surface area contributed by atoms with Crippen LogP contribution in [-0.2, 0) is 28.1 Å².